The molecular weight excluding hydrogens is 341 g/mol. The van der Waals surface area contributed by atoms with Crippen LogP contribution in [0.2, 0.25) is 0 Å². The average molecular weight is 356 g/mol. The number of rotatable bonds is 4. The van der Waals surface area contributed by atoms with E-state index in [9.17, 15) is 18.0 Å². The van der Waals surface area contributed by atoms with Gasteiger partial charge in [-0.05, 0) is 47.5 Å². The standard InChI is InChI=1S/C21H15F3O2/c1-26-17-11-9-14(10-12-17)20(25)19-8-3-2-7-18(19)15-5-4-6-16(13-15)21(22,23)24/h2-13H,1H3. The Labute approximate surface area is 148 Å². The first-order valence-corrected chi connectivity index (χ1v) is 7.85. The second kappa shape index (κ2) is 7.04. The fraction of sp³-hybridized carbons (Fsp3) is 0.0952. The molecule has 132 valence electrons. The molecule has 3 aromatic rings. The Morgan fingerprint density at radius 2 is 1.58 bits per heavy atom. The van der Waals surface area contributed by atoms with Gasteiger partial charge in [0.15, 0.2) is 5.78 Å². The number of carbonyl (C=O) groups excluding carboxylic acids is 1. The van der Waals surface area contributed by atoms with Crippen molar-refractivity contribution in [1.29, 1.82) is 0 Å². The van der Waals surface area contributed by atoms with Crippen LogP contribution in [0.3, 0.4) is 0 Å². The highest BCUT2D eigenvalue weighted by atomic mass is 19.4. The van der Waals surface area contributed by atoms with Crippen LogP contribution >= 0.6 is 0 Å². The Balaban J connectivity index is 2.05. The molecular formula is C21H15F3O2. The van der Waals surface area contributed by atoms with Gasteiger partial charge in [0.05, 0.1) is 12.7 Å². The summed E-state index contributed by atoms with van der Waals surface area (Å²) in [5.41, 5.74) is 0.834. The molecule has 0 aliphatic rings. The van der Waals surface area contributed by atoms with Gasteiger partial charge in [-0.1, -0.05) is 36.4 Å². The summed E-state index contributed by atoms with van der Waals surface area (Å²) in [5, 5.41) is 0. The fourth-order valence-corrected chi connectivity index (χ4v) is 2.69. The van der Waals surface area contributed by atoms with Gasteiger partial charge < -0.3 is 4.74 Å². The van der Waals surface area contributed by atoms with Crippen molar-refractivity contribution in [3.63, 3.8) is 0 Å². The summed E-state index contributed by atoms with van der Waals surface area (Å²) >= 11 is 0. The van der Waals surface area contributed by atoms with Gasteiger partial charge in [-0.3, -0.25) is 4.79 Å². The third-order valence-corrected chi connectivity index (χ3v) is 4.02. The molecule has 3 aromatic carbocycles. The number of benzene rings is 3. The van der Waals surface area contributed by atoms with Crippen LogP contribution in [-0.4, -0.2) is 12.9 Å². The topological polar surface area (TPSA) is 26.3 Å². The normalized spacial score (nSPS) is 11.2. The Bertz CT molecular complexity index is 928. The molecule has 0 aliphatic heterocycles. The van der Waals surface area contributed by atoms with Gasteiger partial charge in [0.25, 0.3) is 0 Å². The maximum atomic E-state index is 13.0. The number of methoxy groups -OCH3 is 1. The van der Waals surface area contributed by atoms with Crippen LogP contribution in [0.25, 0.3) is 11.1 Å². The molecule has 0 fully saturated rings. The molecule has 0 bridgehead atoms. The molecule has 0 spiro atoms. The van der Waals surface area contributed by atoms with E-state index in [-0.39, 0.29) is 5.78 Å². The molecule has 0 heterocycles. The van der Waals surface area contributed by atoms with E-state index in [1.165, 1.54) is 13.2 Å². The fourth-order valence-electron chi connectivity index (χ4n) is 2.69. The molecule has 5 heteroatoms. The van der Waals surface area contributed by atoms with Crippen molar-refractivity contribution in [2.45, 2.75) is 6.18 Å². The second-order valence-electron chi connectivity index (χ2n) is 5.68. The monoisotopic (exact) mass is 356 g/mol. The molecule has 26 heavy (non-hydrogen) atoms. The molecule has 0 aromatic heterocycles. The molecule has 2 nitrogen and oxygen atoms in total. The van der Waals surface area contributed by atoms with Crippen LogP contribution in [-0.2, 0) is 6.18 Å². The lowest BCUT2D eigenvalue weighted by atomic mass is 9.93. The molecule has 0 unspecified atom stereocenters. The lowest BCUT2D eigenvalue weighted by molar-refractivity contribution is -0.137. The largest absolute Gasteiger partial charge is 0.497 e. The third-order valence-electron chi connectivity index (χ3n) is 4.02. The van der Waals surface area contributed by atoms with E-state index in [1.54, 1.807) is 54.6 Å². The summed E-state index contributed by atoms with van der Waals surface area (Å²) < 4.78 is 44.1. The molecule has 0 atom stereocenters. The lowest BCUT2D eigenvalue weighted by Gasteiger charge is -2.12. The van der Waals surface area contributed by atoms with E-state index >= 15 is 0 Å². The van der Waals surface area contributed by atoms with Crippen molar-refractivity contribution >= 4 is 5.78 Å². The van der Waals surface area contributed by atoms with Crippen LogP contribution < -0.4 is 4.74 Å². The Hall–Kier alpha value is -3.08. The van der Waals surface area contributed by atoms with Crippen molar-refractivity contribution in [2.75, 3.05) is 7.11 Å². The summed E-state index contributed by atoms with van der Waals surface area (Å²) in [7, 11) is 1.53. The summed E-state index contributed by atoms with van der Waals surface area (Å²) in [6, 6.07) is 18.2. The molecule has 3 rings (SSSR count). The van der Waals surface area contributed by atoms with Crippen molar-refractivity contribution in [2.24, 2.45) is 0 Å². The van der Waals surface area contributed by atoms with Crippen LogP contribution in [0.15, 0.2) is 72.8 Å². The van der Waals surface area contributed by atoms with Crippen molar-refractivity contribution in [1.82, 2.24) is 0 Å². The van der Waals surface area contributed by atoms with Gasteiger partial charge >= 0.3 is 6.18 Å². The number of hydrogen-bond donors (Lipinski definition) is 0. The number of ether oxygens (including phenoxy) is 1. The highest BCUT2D eigenvalue weighted by Gasteiger charge is 2.30. The summed E-state index contributed by atoms with van der Waals surface area (Å²) in [4.78, 5) is 12.9. The van der Waals surface area contributed by atoms with Gasteiger partial charge in [0.1, 0.15) is 5.75 Å². The molecule has 0 saturated heterocycles. The van der Waals surface area contributed by atoms with Crippen molar-refractivity contribution in [3.8, 4) is 16.9 Å². The van der Waals surface area contributed by atoms with E-state index in [1.807, 2.05) is 0 Å². The zero-order chi connectivity index (χ0) is 18.7. The van der Waals surface area contributed by atoms with E-state index in [0.29, 0.717) is 28.0 Å². The first-order chi connectivity index (χ1) is 12.4. The highest BCUT2D eigenvalue weighted by Crippen LogP contribution is 2.33. The number of ketones is 1. The summed E-state index contributed by atoms with van der Waals surface area (Å²) in [5.74, 6) is 0.355. The van der Waals surface area contributed by atoms with E-state index in [0.717, 1.165) is 12.1 Å². The maximum Gasteiger partial charge on any atom is 0.416 e. The first kappa shape index (κ1) is 17.7. The molecule has 0 aliphatic carbocycles. The lowest BCUT2D eigenvalue weighted by Crippen LogP contribution is -2.06. The first-order valence-electron chi connectivity index (χ1n) is 7.85. The number of hydrogen-bond acceptors (Lipinski definition) is 2. The predicted octanol–water partition coefficient (Wildman–Crippen LogP) is 5.61. The average Bonchev–Trinajstić information content (AvgIpc) is 2.67. The molecule has 0 radical (unpaired) electrons. The highest BCUT2D eigenvalue weighted by molar-refractivity contribution is 6.12. The van der Waals surface area contributed by atoms with Crippen molar-refractivity contribution in [3.05, 3.63) is 89.5 Å². The SMILES string of the molecule is COc1ccc(C(=O)c2ccccc2-c2cccc(C(F)(F)F)c2)cc1. The van der Waals surface area contributed by atoms with Gasteiger partial charge in [-0.25, -0.2) is 0 Å². The zero-order valence-electron chi connectivity index (χ0n) is 13.9. The molecule has 0 saturated carbocycles. The minimum absolute atomic E-state index is 0.263. The van der Waals surface area contributed by atoms with Crippen LogP contribution in [0.1, 0.15) is 21.5 Å². The van der Waals surface area contributed by atoms with E-state index in [2.05, 4.69) is 0 Å². The molecule has 0 N–H and O–H groups in total. The third kappa shape index (κ3) is 3.61. The Morgan fingerprint density at radius 1 is 0.885 bits per heavy atom. The quantitative estimate of drug-likeness (QED) is 0.568. The summed E-state index contributed by atoms with van der Waals surface area (Å²) in [6.45, 7) is 0. The van der Waals surface area contributed by atoms with E-state index in [4.69, 9.17) is 4.74 Å². The van der Waals surface area contributed by atoms with Crippen LogP contribution in [0.5, 0.6) is 5.75 Å². The van der Waals surface area contributed by atoms with E-state index < -0.39 is 11.7 Å². The number of carbonyl (C=O) groups is 1. The van der Waals surface area contributed by atoms with Gasteiger partial charge in [-0.15, -0.1) is 0 Å². The van der Waals surface area contributed by atoms with Crippen LogP contribution in [0, 0.1) is 0 Å². The summed E-state index contributed by atoms with van der Waals surface area (Å²) in [6.07, 6.45) is -4.44. The van der Waals surface area contributed by atoms with Gasteiger partial charge in [0.2, 0.25) is 0 Å². The smallest absolute Gasteiger partial charge is 0.416 e. The molecule has 0 amide bonds. The second-order valence-corrected chi connectivity index (χ2v) is 5.68. The Morgan fingerprint density at radius 3 is 2.23 bits per heavy atom. The van der Waals surface area contributed by atoms with Crippen LogP contribution in [0.4, 0.5) is 13.2 Å². The predicted molar refractivity (Wildman–Crippen MR) is 93.3 cm³/mol. The van der Waals surface area contributed by atoms with Gasteiger partial charge in [-0.2, -0.15) is 13.2 Å². The minimum Gasteiger partial charge on any atom is -0.497 e. The number of halogens is 3. The zero-order valence-corrected chi connectivity index (χ0v) is 13.9. The Kier molecular flexibility index (Phi) is 4.80. The van der Waals surface area contributed by atoms with Gasteiger partial charge in [0, 0.05) is 11.1 Å². The maximum absolute atomic E-state index is 13.0. The van der Waals surface area contributed by atoms with Crippen molar-refractivity contribution < 1.29 is 22.7 Å². The number of alkyl halides is 3. The minimum atomic E-state index is -4.44.